The maximum absolute atomic E-state index is 6.62. The average Bonchev–Trinajstić information content (AvgIpc) is 3.23. The van der Waals surface area contributed by atoms with Crippen LogP contribution in [0.15, 0.2) is 55.3 Å². The van der Waals surface area contributed by atoms with Crippen LogP contribution < -0.4 is 5.19 Å². The number of benzene rings is 1. The molecule has 1 aliphatic carbocycles. The summed E-state index contributed by atoms with van der Waals surface area (Å²) in [6, 6.07) is 10.8. The summed E-state index contributed by atoms with van der Waals surface area (Å²) in [6.07, 6.45) is 4.67. The zero-order chi connectivity index (χ0) is 13.9. The fourth-order valence-electron chi connectivity index (χ4n) is 2.56. The summed E-state index contributed by atoms with van der Waals surface area (Å²) in [6.45, 7) is 12.5. The monoisotopic (exact) mass is 288 g/mol. The van der Waals surface area contributed by atoms with E-state index < -0.39 is 17.8 Å². The van der Waals surface area contributed by atoms with Gasteiger partial charge in [-0.25, -0.2) is 0 Å². The molecule has 1 saturated carbocycles. The van der Waals surface area contributed by atoms with Gasteiger partial charge in [0.25, 0.3) is 0 Å². The molecule has 3 heteroatoms. The van der Waals surface area contributed by atoms with E-state index in [1.54, 1.807) is 0 Å². The van der Waals surface area contributed by atoms with Crippen LogP contribution in [0, 0.1) is 5.92 Å². The Morgan fingerprint density at radius 2 is 1.89 bits per heavy atom. The van der Waals surface area contributed by atoms with Gasteiger partial charge in [-0.15, -0.1) is 13.2 Å². The summed E-state index contributed by atoms with van der Waals surface area (Å²) >= 11 is 0. The van der Waals surface area contributed by atoms with E-state index in [4.69, 9.17) is 4.43 Å². The molecule has 0 heterocycles. The van der Waals surface area contributed by atoms with Crippen LogP contribution in [0.4, 0.5) is 0 Å². The zero-order valence-electron chi connectivity index (χ0n) is 12.1. The first kappa shape index (κ1) is 14.5. The highest BCUT2D eigenvalue weighted by molar-refractivity contribution is 6.77. The van der Waals surface area contributed by atoms with Gasteiger partial charge in [0.15, 0.2) is 0 Å². The Labute approximate surface area is 120 Å². The Kier molecular flexibility index (Phi) is 4.28. The van der Waals surface area contributed by atoms with E-state index in [0.29, 0.717) is 5.92 Å². The van der Waals surface area contributed by atoms with E-state index in [-0.39, 0.29) is 5.22 Å². The topological polar surface area (TPSA) is 9.23 Å². The maximum Gasteiger partial charge on any atom is 0.211 e. The fraction of sp³-hybridized carbons (Fsp3) is 0.375. The normalized spacial score (nSPS) is 19.3. The highest BCUT2D eigenvalue weighted by Gasteiger charge is 2.46. The highest BCUT2D eigenvalue weighted by atomic mass is 28.4. The van der Waals surface area contributed by atoms with Gasteiger partial charge in [-0.1, -0.05) is 47.3 Å². The second-order valence-electron chi connectivity index (χ2n) is 6.01. The molecule has 0 spiro atoms. The lowest BCUT2D eigenvalue weighted by molar-refractivity contribution is 0.174. The van der Waals surface area contributed by atoms with Gasteiger partial charge >= 0.3 is 0 Å². The molecule has 0 saturated heterocycles. The molecule has 1 aliphatic rings. The third-order valence-electron chi connectivity index (χ3n) is 3.88. The molecule has 0 aliphatic heterocycles. The molecule has 1 aromatic rings. The van der Waals surface area contributed by atoms with Crippen LogP contribution in [-0.4, -0.2) is 23.1 Å². The predicted molar refractivity (Wildman–Crippen MR) is 89.0 cm³/mol. The van der Waals surface area contributed by atoms with Gasteiger partial charge < -0.3 is 4.43 Å². The van der Waals surface area contributed by atoms with Crippen LogP contribution in [0.5, 0.6) is 0 Å². The minimum absolute atomic E-state index is 0.0642. The Morgan fingerprint density at radius 1 is 1.26 bits per heavy atom. The molecule has 0 radical (unpaired) electrons. The van der Waals surface area contributed by atoms with Crippen LogP contribution in [0.1, 0.15) is 12.8 Å². The highest BCUT2D eigenvalue weighted by Crippen LogP contribution is 2.43. The summed E-state index contributed by atoms with van der Waals surface area (Å²) in [5.74, 6) is 0.684. The number of hydrogen-bond acceptors (Lipinski definition) is 1. The lowest BCUT2D eigenvalue weighted by atomic mass is 10.2. The predicted octanol–water partition coefficient (Wildman–Crippen LogP) is 2.72. The second-order valence-corrected chi connectivity index (χ2v) is 12.1. The second kappa shape index (κ2) is 5.61. The fourth-order valence-corrected chi connectivity index (χ4v) is 7.27. The molecule has 102 valence electrons. The molecule has 0 amide bonds. The van der Waals surface area contributed by atoms with Crippen LogP contribution >= 0.6 is 0 Å². The molecular formula is C16H24OSi2. The summed E-state index contributed by atoms with van der Waals surface area (Å²) in [5, 5.41) is 1.40. The molecule has 0 aromatic heterocycles. The first-order valence-electron chi connectivity index (χ1n) is 7.03. The van der Waals surface area contributed by atoms with Gasteiger partial charge in [-0.3, -0.25) is 0 Å². The van der Waals surface area contributed by atoms with Crippen LogP contribution in [-0.2, 0) is 4.43 Å². The van der Waals surface area contributed by atoms with Crippen molar-refractivity contribution >= 4 is 23.0 Å². The first-order chi connectivity index (χ1) is 9.01. The number of hydrogen-bond donors (Lipinski definition) is 0. The van der Waals surface area contributed by atoms with E-state index in [9.17, 15) is 0 Å². The van der Waals surface area contributed by atoms with Crippen molar-refractivity contribution in [3.8, 4) is 0 Å². The third-order valence-corrected chi connectivity index (χ3v) is 8.50. The lowest BCUT2D eigenvalue weighted by Gasteiger charge is -2.37. The quantitative estimate of drug-likeness (QED) is 0.554. The Hall–Kier alpha value is -0.906. The van der Waals surface area contributed by atoms with Gasteiger partial charge in [-0.2, -0.15) is 0 Å². The summed E-state index contributed by atoms with van der Waals surface area (Å²) in [5.41, 5.74) is 2.03. The zero-order valence-corrected chi connectivity index (χ0v) is 14.5. The minimum Gasteiger partial charge on any atom is -0.408 e. The van der Waals surface area contributed by atoms with Crippen molar-refractivity contribution in [1.82, 2.24) is 0 Å². The van der Waals surface area contributed by atoms with Crippen molar-refractivity contribution in [2.24, 2.45) is 5.92 Å². The summed E-state index contributed by atoms with van der Waals surface area (Å²) < 4.78 is 6.62. The van der Waals surface area contributed by atoms with Crippen LogP contribution in [0.3, 0.4) is 0 Å². The van der Waals surface area contributed by atoms with E-state index in [1.165, 1.54) is 18.0 Å². The largest absolute Gasteiger partial charge is 0.408 e. The van der Waals surface area contributed by atoms with Gasteiger partial charge in [-0.05, 0) is 31.9 Å². The molecule has 1 fully saturated rings. The SMILES string of the molecule is C=CC(O[Si](C)(C)C=C)([SiH2]c1ccccc1)C1CC1. The first-order valence-corrected chi connectivity index (χ1v) is 11.4. The van der Waals surface area contributed by atoms with E-state index in [1.807, 2.05) is 5.70 Å². The van der Waals surface area contributed by atoms with Crippen molar-refractivity contribution in [3.05, 3.63) is 55.3 Å². The summed E-state index contributed by atoms with van der Waals surface area (Å²) in [4.78, 5) is 0. The lowest BCUT2D eigenvalue weighted by Crippen LogP contribution is -2.51. The molecule has 1 unspecified atom stereocenters. The van der Waals surface area contributed by atoms with Gasteiger partial charge in [0.05, 0.1) is 14.7 Å². The Bertz CT molecular complexity index is 451. The average molecular weight is 289 g/mol. The van der Waals surface area contributed by atoms with Crippen molar-refractivity contribution in [1.29, 1.82) is 0 Å². The van der Waals surface area contributed by atoms with E-state index >= 15 is 0 Å². The molecule has 0 bridgehead atoms. The van der Waals surface area contributed by atoms with E-state index in [2.05, 4.69) is 62.7 Å². The minimum atomic E-state index is -1.78. The van der Waals surface area contributed by atoms with Crippen molar-refractivity contribution in [3.63, 3.8) is 0 Å². The van der Waals surface area contributed by atoms with Crippen molar-refractivity contribution in [2.75, 3.05) is 0 Å². The Balaban J connectivity index is 2.24. The van der Waals surface area contributed by atoms with E-state index in [0.717, 1.165) is 0 Å². The third kappa shape index (κ3) is 3.56. The molecule has 19 heavy (non-hydrogen) atoms. The molecular weight excluding hydrogens is 264 g/mol. The van der Waals surface area contributed by atoms with Crippen molar-refractivity contribution in [2.45, 2.75) is 31.2 Å². The molecule has 2 rings (SSSR count). The number of rotatable bonds is 7. The standard InChI is InChI=1S/C16H24OSi2/c1-5-16(14-12-13-14,17-19(3,4)6-2)18-15-10-8-7-9-11-15/h5-11,14H,1-2,12-13,18H2,3-4H3. The molecule has 0 N–H and O–H groups in total. The van der Waals surface area contributed by atoms with Gasteiger partial charge in [0, 0.05) is 0 Å². The molecule has 1 atom stereocenters. The van der Waals surface area contributed by atoms with Gasteiger partial charge in [0.1, 0.15) is 0 Å². The van der Waals surface area contributed by atoms with Crippen LogP contribution in [0.2, 0.25) is 13.1 Å². The molecule has 1 nitrogen and oxygen atoms in total. The Morgan fingerprint density at radius 3 is 2.37 bits per heavy atom. The smallest absolute Gasteiger partial charge is 0.211 e. The summed E-state index contributed by atoms with van der Waals surface area (Å²) in [7, 11) is -2.31. The van der Waals surface area contributed by atoms with Gasteiger partial charge in [0.2, 0.25) is 8.32 Å². The maximum atomic E-state index is 6.62. The molecule has 1 aromatic carbocycles. The van der Waals surface area contributed by atoms with Crippen molar-refractivity contribution < 1.29 is 4.43 Å². The van der Waals surface area contributed by atoms with Crippen LogP contribution in [0.25, 0.3) is 0 Å².